The van der Waals surface area contributed by atoms with Gasteiger partial charge in [0.05, 0.1) is 12.1 Å². The lowest BCUT2D eigenvalue weighted by atomic mass is 10.1. The van der Waals surface area contributed by atoms with E-state index >= 15 is 0 Å². The first kappa shape index (κ1) is 15.6. The Hall–Kier alpha value is -2.82. The van der Waals surface area contributed by atoms with Gasteiger partial charge in [0.1, 0.15) is 0 Å². The summed E-state index contributed by atoms with van der Waals surface area (Å²) in [7, 11) is 0. The molecule has 0 aliphatic heterocycles. The summed E-state index contributed by atoms with van der Waals surface area (Å²) >= 11 is 0. The Labute approximate surface area is 129 Å². The molecule has 0 bridgehead atoms. The zero-order valence-corrected chi connectivity index (χ0v) is 12.3. The highest BCUT2D eigenvalue weighted by molar-refractivity contribution is 5.94. The van der Waals surface area contributed by atoms with Crippen molar-refractivity contribution in [1.29, 1.82) is 0 Å². The molecule has 0 atom stereocenters. The van der Waals surface area contributed by atoms with Crippen molar-refractivity contribution in [2.24, 2.45) is 0 Å². The minimum Gasteiger partial charge on any atom is -0.478 e. The number of amides is 1. The maximum absolute atomic E-state index is 11.8. The van der Waals surface area contributed by atoms with Crippen LogP contribution in [0.25, 0.3) is 0 Å². The molecule has 0 aliphatic rings. The van der Waals surface area contributed by atoms with E-state index in [9.17, 15) is 9.59 Å². The monoisotopic (exact) mass is 298 g/mol. The van der Waals surface area contributed by atoms with Crippen LogP contribution in [0.4, 0.5) is 11.4 Å². The van der Waals surface area contributed by atoms with Crippen molar-refractivity contribution >= 4 is 23.3 Å². The number of hydrogen-bond donors (Lipinski definition) is 3. The first-order valence-corrected chi connectivity index (χ1v) is 7.04. The van der Waals surface area contributed by atoms with E-state index in [1.54, 1.807) is 12.1 Å². The Morgan fingerprint density at radius 1 is 0.955 bits per heavy atom. The van der Waals surface area contributed by atoms with Crippen LogP contribution in [0.1, 0.15) is 22.8 Å². The molecule has 0 saturated carbocycles. The van der Waals surface area contributed by atoms with E-state index in [-0.39, 0.29) is 18.0 Å². The minimum atomic E-state index is -0.991. The van der Waals surface area contributed by atoms with E-state index in [2.05, 4.69) is 17.6 Å². The van der Waals surface area contributed by atoms with Gasteiger partial charge in [0.2, 0.25) is 5.91 Å². The molecule has 1 amide bonds. The smallest absolute Gasteiger partial charge is 0.335 e. The molecule has 5 nitrogen and oxygen atoms in total. The van der Waals surface area contributed by atoms with Gasteiger partial charge in [-0.2, -0.15) is 0 Å². The molecule has 2 aromatic rings. The quantitative estimate of drug-likeness (QED) is 0.766. The zero-order valence-electron chi connectivity index (χ0n) is 12.3. The van der Waals surface area contributed by atoms with Crippen LogP contribution in [0.3, 0.4) is 0 Å². The summed E-state index contributed by atoms with van der Waals surface area (Å²) in [6.07, 6.45) is 0.979. The van der Waals surface area contributed by atoms with Crippen molar-refractivity contribution in [2.75, 3.05) is 17.2 Å². The van der Waals surface area contributed by atoms with Crippen LogP contribution >= 0.6 is 0 Å². The van der Waals surface area contributed by atoms with Crippen LogP contribution < -0.4 is 10.6 Å². The van der Waals surface area contributed by atoms with E-state index in [1.807, 2.05) is 24.3 Å². The van der Waals surface area contributed by atoms with Gasteiger partial charge in [0.15, 0.2) is 0 Å². The van der Waals surface area contributed by atoms with Crippen LogP contribution in [0.15, 0.2) is 48.5 Å². The average Bonchev–Trinajstić information content (AvgIpc) is 2.54. The number of nitrogens with one attached hydrogen (secondary N) is 2. The van der Waals surface area contributed by atoms with Gasteiger partial charge in [0.25, 0.3) is 0 Å². The summed E-state index contributed by atoms with van der Waals surface area (Å²) in [6, 6.07) is 14.0. The van der Waals surface area contributed by atoms with Crippen molar-refractivity contribution in [3.05, 3.63) is 59.7 Å². The number of rotatable bonds is 6. The largest absolute Gasteiger partial charge is 0.478 e. The number of aromatic carboxylic acids is 1. The minimum absolute atomic E-state index is 0.145. The molecule has 0 spiro atoms. The van der Waals surface area contributed by atoms with Crippen molar-refractivity contribution < 1.29 is 14.7 Å². The van der Waals surface area contributed by atoms with Gasteiger partial charge in [-0.1, -0.05) is 19.1 Å². The molecular weight excluding hydrogens is 280 g/mol. The third kappa shape index (κ3) is 4.34. The normalized spacial score (nSPS) is 10.0. The SMILES string of the molecule is CCc1ccc(NCC(=O)Nc2ccc(C(=O)O)cc2)cc1. The first-order chi connectivity index (χ1) is 10.6. The highest BCUT2D eigenvalue weighted by Crippen LogP contribution is 2.11. The molecule has 22 heavy (non-hydrogen) atoms. The van der Waals surface area contributed by atoms with Crippen LogP contribution in [0.2, 0.25) is 0 Å². The second kappa shape index (κ2) is 7.26. The fourth-order valence-corrected chi connectivity index (χ4v) is 1.94. The van der Waals surface area contributed by atoms with Gasteiger partial charge < -0.3 is 15.7 Å². The number of carbonyl (C=O) groups excluding carboxylic acids is 1. The molecule has 0 saturated heterocycles. The fourth-order valence-electron chi connectivity index (χ4n) is 1.94. The number of anilines is 2. The molecule has 5 heteroatoms. The Balaban J connectivity index is 1.85. The molecule has 0 radical (unpaired) electrons. The lowest BCUT2D eigenvalue weighted by Gasteiger charge is -2.08. The molecule has 0 aromatic heterocycles. The average molecular weight is 298 g/mol. The van der Waals surface area contributed by atoms with E-state index < -0.39 is 5.97 Å². The summed E-state index contributed by atoms with van der Waals surface area (Å²) in [4.78, 5) is 22.6. The second-order valence-corrected chi connectivity index (χ2v) is 4.83. The Kier molecular flexibility index (Phi) is 5.14. The van der Waals surface area contributed by atoms with Gasteiger partial charge in [-0.3, -0.25) is 4.79 Å². The van der Waals surface area contributed by atoms with Gasteiger partial charge in [-0.05, 0) is 48.4 Å². The van der Waals surface area contributed by atoms with E-state index in [0.717, 1.165) is 12.1 Å². The van der Waals surface area contributed by atoms with E-state index in [0.29, 0.717) is 5.69 Å². The first-order valence-electron chi connectivity index (χ1n) is 7.04. The van der Waals surface area contributed by atoms with Crippen LogP contribution in [0.5, 0.6) is 0 Å². The standard InChI is InChI=1S/C17H18N2O3/c1-2-12-3-7-14(8-4-12)18-11-16(20)19-15-9-5-13(6-10-15)17(21)22/h3-10,18H,2,11H2,1H3,(H,19,20)(H,21,22). The predicted molar refractivity (Wildman–Crippen MR) is 86.3 cm³/mol. The van der Waals surface area contributed by atoms with Crippen LogP contribution in [-0.4, -0.2) is 23.5 Å². The third-order valence-corrected chi connectivity index (χ3v) is 3.23. The maximum atomic E-state index is 11.8. The number of aryl methyl sites for hydroxylation is 1. The molecule has 0 aliphatic carbocycles. The maximum Gasteiger partial charge on any atom is 0.335 e. The van der Waals surface area contributed by atoms with Gasteiger partial charge in [0, 0.05) is 11.4 Å². The Morgan fingerprint density at radius 2 is 1.55 bits per heavy atom. The number of benzene rings is 2. The molecule has 2 rings (SSSR count). The molecule has 3 N–H and O–H groups in total. The summed E-state index contributed by atoms with van der Waals surface area (Å²) in [6.45, 7) is 2.23. The Bertz CT molecular complexity index is 649. The molecule has 2 aromatic carbocycles. The lowest BCUT2D eigenvalue weighted by Crippen LogP contribution is -2.21. The fraction of sp³-hybridized carbons (Fsp3) is 0.176. The third-order valence-electron chi connectivity index (χ3n) is 3.23. The molecule has 0 heterocycles. The summed E-state index contributed by atoms with van der Waals surface area (Å²) < 4.78 is 0. The highest BCUT2D eigenvalue weighted by atomic mass is 16.4. The van der Waals surface area contributed by atoms with Gasteiger partial charge >= 0.3 is 5.97 Å². The highest BCUT2D eigenvalue weighted by Gasteiger charge is 2.05. The van der Waals surface area contributed by atoms with Gasteiger partial charge in [-0.15, -0.1) is 0 Å². The van der Waals surface area contributed by atoms with Crippen molar-refractivity contribution in [2.45, 2.75) is 13.3 Å². The predicted octanol–water partition coefficient (Wildman–Crippen LogP) is 3.00. The molecule has 0 fully saturated rings. The topological polar surface area (TPSA) is 78.4 Å². The Morgan fingerprint density at radius 3 is 2.09 bits per heavy atom. The van der Waals surface area contributed by atoms with Crippen LogP contribution in [-0.2, 0) is 11.2 Å². The van der Waals surface area contributed by atoms with Crippen molar-refractivity contribution in [1.82, 2.24) is 0 Å². The number of hydrogen-bond acceptors (Lipinski definition) is 3. The van der Waals surface area contributed by atoms with Crippen LogP contribution in [0, 0.1) is 0 Å². The second-order valence-electron chi connectivity index (χ2n) is 4.83. The lowest BCUT2D eigenvalue weighted by molar-refractivity contribution is -0.114. The van der Waals surface area contributed by atoms with E-state index in [4.69, 9.17) is 5.11 Å². The zero-order chi connectivity index (χ0) is 15.9. The molecular formula is C17H18N2O3. The summed E-state index contributed by atoms with van der Waals surface area (Å²) in [5, 5.41) is 14.6. The van der Waals surface area contributed by atoms with Gasteiger partial charge in [-0.25, -0.2) is 4.79 Å². The van der Waals surface area contributed by atoms with Crippen molar-refractivity contribution in [3.8, 4) is 0 Å². The number of carboxylic acids is 1. The van der Waals surface area contributed by atoms with Crippen molar-refractivity contribution in [3.63, 3.8) is 0 Å². The number of carboxylic acid groups (broad SMARTS) is 1. The summed E-state index contributed by atoms with van der Waals surface area (Å²) in [5.41, 5.74) is 2.88. The van der Waals surface area contributed by atoms with E-state index in [1.165, 1.54) is 17.7 Å². The number of carbonyl (C=O) groups is 2. The molecule has 0 unspecified atom stereocenters. The summed E-state index contributed by atoms with van der Waals surface area (Å²) in [5.74, 6) is -1.18. The molecule has 114 valence electrons.